The molecular formula is C31H21Cl2N5O5. The molecule has 0 heterocycles. The second kappa shape index (κ2) is 12.3. The van der Waals surface area contributed by atoms with Crippen LogP contribution >= 0.6 is 23.2 Å². The summed E-state index contributed by atoms with van der Waals surface area (Å²) in [7, 11) is 0. The first-order valence-electron chi connectivity index (χ1n) is 12.7. The molecule has 0 aliphatic carbocycles. The molecule has 0 aliphatic heterocycles. The lowest BCUT2D eigenvalue weighted by Crippen LogP contribution is -2.13. The van der Waals surface area contributed by atoms with Crippen LogP contribution in [0.2, 0.25) is 10.0 Å². The van der Waals surface area contributed by atoms with Crippen LogP contribution in [0.15, 0.2) is 101 Å². The predicted octanol–water partition coefficient (Wildman–Crippen LogP) is 8.99. The fourth-order valence-corrected chi connectivity index (χ4v) is 4.44. The second-order valence-corrected chi connectivity index (χ2v) is 10.3. The van der Waals surface area contributed by atoms with E-state index in [0.717, 1.165) is 0 Å². The molecule has 0 saturated carbocycles. The molecule has 43 heavy (non-hydrogen) atoms. The maximum absolute atomic E-state index is 13.3. The Morgan fingerprint density at radius 1 is 0.791 bits per heavy atom. The molecular weight excluding hydrogens is 593 g/mol. The Bertz CT molecular complexity index is 1930. The summed E-state index contributed by atoms with van der Waals surface area (Å²) < 4.78 is 0. The molecule has 3 N–H and O–H groups in total. The van der Waals surface area contributed by atoms with Gasteiger partial charge in [-0.05, 0) is 84.6 Å². The lowest BCUT2D eigenvalue weighted by atomic mass is 10.00. The smallest absolute Gasteiger partial charge is 0.271 e. The molecule has 5 aromatic carbocycles. The van der Waals surface area contributed by atoms with E-state index in [0.29, 0.717) is 37.8 Å². The standard InChI is InChI=1S/C31H21Cl2N5O5/c1-17-2-12-24(38(42)43)16-27(17)36-37-28-25-13-3-18(30(40)34-22-8-4-20(32)5-9-22)14-19(25)15-26(29(28)39)31(41)35-23-10-6-21(33)7-11-23/h2-16,39H,1H3,(H,34,40)(H,35,41)/b37-36+. The van der Waals surface area contributed by atoms with Crippen LogP contribution in [0.4, 0.5) is 28.4 Å². The zero-order valence-corrected chi connectivity index (χ0v) is 23.8. The van der Waals surface area contributed by atoms with E-state index in [1.165, 1.54) is 30.3 Å². The number of aryl methyl sites for hydroxylation is 1. The number of azo groups is 1. The van der Waals surface area contributed by atoms with E-state index in [9.17, 15) is 24.8 Å². The van der Waals surface area contributed by atoms with E-state index in [2.05, 4.69) is 20.9 Å². The zero-order chi connectivity index (χ0) is 30.7. The van der Waals surface area contributed by atoms with Crippen molar-refractivity contribution in [3.63, 3.8) is 0 Å². The first-order chi connectivity index (χ1) is 20.6. The number of rotatable bonds is 7. The van der Waals surface area contributed by atoms with E-state index in [4.69, 9.17) is 23.2 Å². The number of aromatic hydroxyl groups is 1. The van der Waals surface area contributed by atoms with E-state index >= 15 is 0 Å². The predicted molar refractivity (Wildman–Crippen MR) is 166 cm³/mol. The summed E-state index contributed by atoms with van der Waals surface area (Å²) in [6.45, 7) is 1.71. The summed E-state index contributed by atoms with van der Waals surface area (Å²) in [4.78, 5) is 37.1. The van der Waals surface area contributed by atoms with Crippen LogP contribution in [0.5, 0.6) is 5.75 Å². The molecule has 0 atom stereocenters. The second-order valence-electron chi connectivity index (χ2n) is 9.41. The Kier molecular flexibility index (Phi) is 8.33. The lowest BCUT2D eigenvalue weighted by Gasteiger charge is -2.13. The first-order valence-corrected chi connectivity index (χ1v) is 13.4. The number of hydrogen-bond donors (Lipinski definition) is 3. The average molecular weight is 614 g/mol. The number of amides is 2. The quantitative estimate of drug-likeness (QED) is 0.0951. The highest BCUT2D eigenvalue weighted by Crippen LogP contribution is 2.40. The van der Waals surface area contributed by atoms with E-state index in [1.54, 1.807) is 67.6 Å². The summed E-state index contributed by atoms with van der Waals surface area (Å²) in [6, 6.07) is 23.3. The number of phenolic OH excluding ortho intramolecular Hbond substituents is 1. The number of halogens is 2. The number of carbonyl (C=O) groups excluding carboxylic acids is 2. The van der Waals surface area contributed by atoms with Gasteiger partial charge in [-0.3, -0.25) is 19.7 Å². The fraction of sp³-hybridized carbons (Fsp3) is 0.0323. The lowest BCUT2D eigenvalue weighted by molar-refractivity contribution is -0.384. The molecule has 0 aromatic heterocycles. The topological polar surface area (TPSA) is 146 Å². The van der Waals surface area contributed by atoms with Gasteiger partial charge in [0.15, 0.2) is 5.75 Å². The highest BCUT2D eigenvalue weighted by Gasteiger charge is 2.20. The van der Waals surface area contributed by atoms with Gasteiger partial charge in [-0.25, -0.2) is 0 Å². The summed E-state index contributed by atoms with van der Waals surface area (Å²) in [5, 5.41) is 38.2. The van der Waals surface area contributed by atoms with Gasteiger partial charge in [0, 0.05) is 44.5 Å². The fourth-order valence-electron chi connectivity index (χ4n) is 4.18. The van der Waals surface area contributed by atoms with E-state index in [1.807, 2.05) is 0 Å². The molecule has 10 nitrogen and oxygen atoms in total. The minimum atomic E-state index is -0.652. The molecule has 2 amide bonds. The molecule has 0 spiro atoms. The highest BCUT2D eigenvalue weighted by atomic mass is 35.5. The first kappa shape index (κ1) is 29.2. The van der Waals surface area contributed by atoms with Crippen molar-refractivity contribution in [1.29, 1.82) is 0 Å². The summed E-state index contributed by atoms with van der Waals surface area (Å²) in [5.41, 5.74) is 1.67. The van der Waals surface area contributed by atoms with Crippen LogP contribution < -0.4 is 10.6 Å². The number of nitro groups is 1. The van der Waals surface area contributed by atoms with E-state index in [-0.39, 0.29) is 28.2 Å². The third-order valence-electron chi connectivity index (χ3n) is 6.46. The van der Waals surface area contributed by atoms with Crippen molar-refractivity contribution in [3.8, 4) is 5.75 Å². The van der Waals surface area contributed by atoms with Gasteiger partial charge in [0.05, 0.1) is 16.2 Å². The maximum atomic E-state index is 13.3. The SMILES string of the molecule is Cc1ccc([N+](=O)[O-])cc1/N=N/c1c(O)c(C(=O)Nc2ccc(Cl)cc2)cc2cc(C(=O)Nc3ccc(Cl)cc3)ccc12. The molecule has 0 bridgehead atoms. The van der Waals surface area contributed by atoms with Crippen LogP contribution in [0, 0.1) is 17.0 Å². The van der Waals surface area contributed by atoms with Crippen molar-refractivity contribution in [2.24, 2.45) is 10.2 Å². The monoisotopic (exact) mass is 613 g/mol. The van der Waals surface area contributed by atoms with Crippen LogP contribution in [0.3, 0.4) is 0 Å². The van der Waals surface area contributed by atoms with Gasteiger partial charge in [-0.1, -0.05) is 35.3 Å². The van der Waals surface area contributed by atoms with Crippen molar-refractivity contribution < 1.29 is 19.6 Å². The molecule has 5 aromatic rings. The molecule has 0 fully saturated rings. The number of phenols is 1. The van der Waals surface area contributed by atoms with E-state index < -0.39 is 22.5 Å². The molecule has 0 radical (unpaired) electrons. The number of anilines is 2. The van der Waals surface area contributed by atoms with Crippen molar-refractivity contribution >= 4 is 74.2 Å². The summed E-state index contributed by atoms with van der Waals surface area (Å²) >= 11 is 11.9. The Balaban J connectivity index is 1.59. The zero-order valence-electron chi connectivity index (χ0n) is 22.3. The maximum Gasteiger partial charge on any atom is 0.271 e. The molecule has 0 unspecified atom stereocenters. The Morgan fingerprint density at radius 3 is 2.00 bits per heavy atom. The van der Waals surface area contributed by atoms with Gasteiger partial charge in [0.2, 0.25) is 0 Å². The highest BCUT2D eigenvalue weighted by molar-refractivity contribution is 6.31. The molecule has 0 saturated heterocycles. The number of non-ortho nitro benzene ring substituents is 1. The van der Waals surface area contributed by atoms with Gasteiger partial charge in [0.1, 0.15) is 5.69 Å². The molecule has 12 heteroatoms. The van der Waals surface area contributed by atoms with Crippen LogP contribution in [-0.4, -0.2) is 21.8 Å². The van der Waals surface area contributed by atoms with Crippen molar-refractivity contribution in [2.75, 3.05) is 10.6 Å². The third kappa shape index (κ3) is 6.61. The number of fused-ring (bicyclic) bond motifs is 1. The van der Waals surface area contributed by atoms with Crippen LogP contribution in [0.25, 0.3) is 10.8 Å². The van der Waals surface area contributed by atoms with Crippen LogP contribution in [0.1, 0.15) is 26.3 Å². The number of carbonyl (C=O) groups is 2. The Labute approximate surface area is 254 Å². The van der Waals surface area contributed by atoms with Gasteiger partial charge in [-0.15, -0.1) is 10.2 Å². The minimum Gasteiger partial charge on any atom is -0.505 e. The van der Waals surface area contributed by atoms with Gasteiger partial charge in [0.25, 0.3) is 17.5 Å². The number of nitrogens with zero attached hydrogens (tertiary/aromatic N) is 3. The third-order valence-corrected chi connectivity index (χ3v) is 6.96. The number of hydrogen-bond acceptors (Lipinski definition) is 7. The summed E-state index contributed by atoms with van der Waals surface area (Å²) in [5.74, 6) is -1.54. The Hall–Kier alpha value is -5.32. The average Bonchev–Trinajstić information content (AvgIpc) is 2.99. The summed E-state index contributed by atoms with van der Waals surface area (Å²) in [6.07, 6.45) is 0. The number of benzene rings is 5. The van der Waals surface area contributed by atoms with Crippen molar-refractivity contribution in [1.82, 2.24) is 0 Å². The van der Waals surface area contributed by atoms with Crippen molar-refractivity contribution in [2.45, 2.75) is 6.92 Å². The van der Waals surface area contributed by atoms with Gasteiger partial charge in [-0.2, -0.15) is 0 Å². The number of nitro benzene ring substituents is 1. The molecule has 5 rings (SSSR count). The number of nitrogens with one attached hydrogen (secondary N) is 2. The van der Waals surface area contributed by atoms with Crippen LogP contribution in [-0.2, 0) is 0 Å². The Morgan fingerprint density at radius 2 is 1.40 bits per heavy atom. The normalized spacial score (nSPS) is 11.0. The van der Waals surface area contributed by atoms with Crippen molar-refractivity contribution in [3.05, 3.63) is 128 Å². The minimum absolute atomic E-state index is 0.0608. The molecule has 0 aliphatic rings. The largest absolute Gasteiger partial charge is 0.505 e. The van der Waals surface area contributed by atoms with Gasteiger partial charge < -0.3 is 15.7 Å². The molecule has 214 valence electrons. The van der Waals surface area contributed by atoms with Gasteiger partial charge >= 0.3 is 0 Å².